The lowest BCUT2D eigenvalue weighted by Crippen LogP contribution is -2.04. The van der Waals surface area contributed by atoms with Gasteiger partial charge in [0.1, 0.15) is 5.69 Å². The molecular weight excluding hydrogens is 236 g/mol. The van der Waals surface area contributed by atoms with Crippen molar-refractivity contribution in [2.45, 2.75) is 20.4 Å². The molecule has 0 spiro atoms. The van der Waals surface area contributed by atoms with Gasteiger partial charge in [-0.05, 0) is 32.0 Å². The summed E-state index contributed by atoms with van der Waals surface area (Å²) in [7, 11) is 0. The number of furan rings is 1. The molecule has 0 saturated carbocycles. The Hall–Kier alpha value is -2.37. The number of aromatic carboxylic acids is 1. The van der Waals surface area contributed by atoms with Gasteiger partial charge in [-0.2, -0.15) is 5.10 Å². The van der Waals surface area contributed by atoms with E-state index in [1.54, 1.807) is 10.7 Å². The average Bonchev–Trinajstić information content (AvgIpc) is 2.94. The lowest BCUT2D eigenvalue weighted by molar-refractivity contribution is 0.0660. The summed E-state index contributed by atoms with van der Waals surface area (Å²) >= 11 is 0. The number of ketones is 1. The Kier molecular flexibility index (Phi) is 3.01. The highest BCUT2D eigenvalue weighted by atomic mass is 16.4. The van der Waals surface area contributed by atoms with Crippen molar-refractivity contribution in [2.75, 3.05) is 0 Å². The van der Waals surface area contributed by atoms with Crippen LogP contribution in [0.5, 0.6) is 0 Å². The molecule has 1 N–H and O–H groups in total. The Morgan fingerprint density at radius 2 is 2.06 bits per heavy atom. The van der Waals surface area contributed by atoms with Crippen LogP contribution in [0, 0.1) is 6.92 Å². The van der Waals surface area contributed by atoms with Crippen LogP contribution in [0.2, 0.25) is 0 Å². The molecule has 18 heavy (non-hydrogen) atoms. The molecule has 0 aliphatic heterocycles. The van der Waals surface area contributed by atoms with Gasteiger partial charge < -0.3 is 9.52 Å². The summed E-state index contributed by atoms with van der Waals surface area (Å²) in [5, 5.41) is 12.8. The second-order valence-corrected chi connectivity index (χ2v) is 3.78. The fourth-order valence-corrected chi connectivity index (χ4v) is 1.64. The minimum Gasteiger partial charge on any atom is -0.475 e. The molecule has 0 aromatic carbocycles. The molecule has 94 valence electrons. The zero-order chi connectivity index (χ0) is 13.3. The number of carbonyl (C=O) groups excluding carboxylic acids is 1. The van der Waals surface area contributed by atoms with Gasteiger partial charge in [0, 0.05) is 12.2 Å². The summed E-state index contributed by atoms with van der Waals surface area (Å²) in [5.74, 6) is -1.90. The molecule has 0 aliphatic rings. The van der Waals surface area contributed by atoms with Crippen LogP contribution in [0.1, 0.15) is 39.4 Å². The first-order chi connectivity index (χ1) is 8.52. The summed E-state index contributed by atoms with van der Waals surface area (Å²) in [6.07, 6.45) is 0. The monoisotopic (exact) mass is 248 g/mol. The Labute approximate surface area is 103 Å². The molecule has 0 fully saturated rings. The Bertz CT molecular complexity index is 609. The van der Waals surface area contributed by atoms with E-state index in [1.165, 1.54) is 12.1 Å². The smallest absolute Gasteiger partial charge is 0.371 e. The number of carbonyl (C=O) groups is 2. The Morgan fingerprint density at radius 1 is 1.39 bits per heavy atom. The van der Waals surface area contributed by atoms with Crippen LogP contribution in [0.3, 0.4) is 0 Å². The highest BCUT2D eigenvalue weighted by Gasteiger charge is 2.19. The predicted octanol–water partition coefficient (Wildman–Crippen LogP) is 1.73. The first-order valence-corrected chi connectivity index (χ1v) is 5.45. The third kappa shape index (κ3) is 2.04. The third-order valence-electron chi connectivity index (χ3n) is 2.55. The summed E-state index contributed by atoms with van der Waals surface area (Å²) in [6.45, 7) is 4.43. The van der Waals surface area contributed by atoms with Crippen molar-refractivity contribution >= 4 is 11.8 Å². The van der Waals surface area contributed by atoms with Gasteiger partial charge in [0.25, 0.3) is 0 Å². The summed E-state index contributed by atoms with van der Waals surface area (Å²) in [4.78, 5) is 22.7. The third-order valence-corrected chi connectivity index (χ3v) is 2.55. The molecule has 0 atom stereocenters. The van der Waals surface area contributed by atoms with Gasteiger partial charge >= 0.3 is 5.97 Å². The second-order valence-electron chi connectivity index (χ2n) is 3.78. The summed E-state index contributed by atoms with van der Waals surface area (Å²) in [5.41, 5.74) is 1.12. The number of carboxylic acid groups (broad SMARTS) is 1. The highest BCUT2D eigenvalue weighted by Crippen LogP contribution is 2.14. The second kappa shape index (κ2) is 4.48. The maximum Gasteiger partial charge on any atom is 0.371 e. The van der Waals surface area contributed by atoms with Crippen molar-refractivity contribution < 1.29 is 19.1 Å². The fourth-order valence-electron chi connectivity index (χ4n) is 1.64. The van der Waals surface area contributed by atoms with Crippen LogP contribution in [-0.4, -0.2) is 26.6 Å². The number of aryl methyl sites for hydroxylation is 2. The van der Waals surface area contributed by atoms with Gasteiger partial charge in [0.05, 0.1) is 0 Å². The van der Waals surface area contributed by atoms with Crippen molar-refractivity contribution in [3.63, 3.8) is 0 Å². The molecule has 2 rings (SSSR count). The molecule has 6 heteroatoms. The Balaban J connectivity index is 2.32. The van der Waals surface area contributed by atoms with E-state index in [-0.39, 0.29) is 17.2 Å². The molecule has 0 saturated heterocycles. The van der Waals surface area contributed by atoms with Crippen molar-refractivity contribution in [3.8, 4) is 0 Å². The normalized spacial score (nSPS) is 10.6. The number of nitrogens with zero attached hydrogens (tertiary/aromatic N) is 2. The van der Waals surface area contributed by atoms with Crippen LogP contribution < -0.4 is 0 Å². The van der Waals surface area contributed by atoms with Crippen LogP contribution in [0.15, 0.2) is 22.6 Å². The van der Waals surface area contributed by atoms with Gasteiger partial charge in [-0.15, -0.1) is 0 Å². The van der Waals surface area contributed by atoms with E-state index in [2.05, 4.69) is 5.10 Å². The van der Waals surface area contributed by atoms with Crippen LogP contribution in [0.25, 0.3) is 0 Å². The van der Waals surface area contributed by atoms with Crippen molar-refractivity contribution in [1.29, 1.82) is 0 Å². The van der Waals surface area contributed by atoms with Gasteiger partial charge in [0.2, 0.25) is 11.5 Å². The van der Waals surface area contributed by atoms with E-state index in [0.717, 1.165) is 5.69 Å². The molecule has 0 radical (unpaired) electrons. The van der Waals surface area contributed by atoms with Gasteiger partial charge in [0.15, 0.2) is 5.76 Å². The van der Waals surface area contributed by atoms with E-state index >= 15 is 0 Å². The minimum atomic E-state index is -1.20. The average molecular weight is 248 g/mol. The van der Waals surface area contributed by atoms with E-state index in [1.807, 2.05) is 13.8 Å². The number of rotatable bonds is 4. The minimum absolute atomic E-state index is 0.0202. The van der Waals surface area contributed by atoms with E-state index in [9.17, 15) is 9.59 Å². The zero-order valence-electron chi connectivity index (χ0n) is 10.0. The first kappa shape index (κ1) is 12.1. The highest BCUT2D eigenvalue weighted by molar-refractivity contribution is 6.06. The van der Waals surface area contributed by atoms with E-state index < -0.39 is 11.8 Å². The lowest BCUT2D eigenvalue weighted by atomic mass is 10.2. The molecule has 0 amide bonds. The quantitative estimate of drug-likeness (QED) is 0.833. The van der Waals surface area contributed by atoms with Gasteiger partial charge in [-0.1, -0.05) is 0 Å². The summed E-state index contributed by atoms with van der Waals surface area (Å²) < 4.78 is 6.63. The maximum atomic E-state index is 12.0. The molecule has 2 aromatic heterocycles. The summed E-state index contributed by atoms with van der Waals surface area (Å²) in [6, 6.07) is 4.24. The lowest BCUT2D eigenvalue weighted by Gasteiger charge is -1.96. The van der Waals surface area contributed by atoms with Crippen molar-refractivity contribution in [1.82, 2.24) is 9.78 Å². The molecule has 6 nitrogen and oxygen atoms in total. The molecule has 0 bridgehead atoms. The number of carboxylic acids is 1. The number of aromatic nitrogens is 2. The Morgan fingerprint density at radius 3 is 2.56 bits per heavy atom. The predicted molar refractivity (Wildman–Crippen MR) is 61.7 cm³/mol. The first-order valence-electron chi connectivity index (χ1n) is 5.45. The zero-order valence-corrected chi connectivity index (χ0v) is 10.0. The van der Waals surface area contributed by atoms with Crippen LogP contribution in [0.4, 0.5) is 0 Å². The van der Waals surface area contributed by atoms with E-state index in [4.69, 9.17) is 9.52 Å². The maximum absolute atomic E-state index is 12.0. The number of hydrogen-bond donors (Lipinski definition) is 1. The number of hydrogen-bond acceptors (Lipinski definition) is 4. The van der Waals surface area contributed by atoms with Crippen molar-refractivity contribution in [2.24, 2.45) is 0 Å². The van der Waals surface area contributed by atoms with Crippen LogP contribution in [-0.2, 0) is 6.54 Å². The van der Waals surface area contributed by atoms with E-state index in [0.29, 0.717) is 6.54 Å². The standard InChI is InChI=1S/C12H12N2O4/c1-3-14-7(2)6-8(13-14)11(15)9-4-5-10(18-9)12(16)17/h4-6H,3H2,1-2H3,(H,16,17). The van der Waals surface area contributed by atoms with Crippen molar-refractivity contribution in [3.05, 3.63) is 41.1 Å². The van der Waals surface area contributed by atoms with Gasteiger partial charge in [-0.3, -0.25) is 9.48 Å². The SMILES string of the molecule is CCn1nc(C(=O)c2ccc(C(=O)O)o2)cc1C. The largest absolute Gasteiger partial charge is 0.475 e. The molecule has 0 aliphatic carbocycles. The van der Waals surface area contributed by atoms with Crippen LogP contribution >= 0.6 is 0 Å². The molecule has 0 unspecified atom stereocenters. The topological polar surface area (TPSA) is 85.3 Å². The fraction of sp³-hybridized carbons (Fsp3) is 0.250. The van der Waals surface area contributed by atoms with Gasteiger partial charge in [-0.25, -0.2) is 4.79 Å². The molecule has 2 aromatic rings. The molecular formula is C12H12N2O4. The molecule has 2 heterocycles.